The number of halogens is 2. The van der Waals surface area contributed by atoms with Crippen molar-refractivity contribution in [1.82, 2.24) is 0 Å². The minimum atomic E-state index is -0.816. The molecule has 3 nitrogen and oxygen atoms in total. The Hall–Kier alpha value is -2.27. The Morgan fingerprint density at radius 1 is 1.05 bits per heavy atom. The first-order valence-corrected chi connectivity index (χ1v) is 6.56. The molecule has 2 unspecified atom stereocenters. The fraction of sp³-hybridized carbons (Fsp3) is 0.188. The molecular formula is C16H16F2N2O. The number of amides is 1. The third-order valence-electron chi connectivity index (χ3n) is 3.35. The molecule has 0 spiro atoms. The van der Waals surface area contributed by atoms with Crippen molar-refractivity contribution in [3.63, 3.8) is 0 Å². The molecule has 3 N–H and O–H groups in total. The second-order valence-electron chi connectivity index (χ2n) is 4.81. The molecule has 0 heterocycles. The van der Waals surface area contributed by atoms with Crippen LogP contribution in [0, 0.1) is 17.6 Å². The van der Waals surface area contributed by atoms with Gasteiger partial charge in [-0.15, -0.1) is 0 Å². The summed E-state index contributed by atoms with van der Waals surface area (Å²) in [5.74, 6) is -2.80. The largest absolute Gasteiger partial charge is 0.323 e. The number of hydrogen-bond acceptors (Lipinski definition) is 2. The third kappa shape index (κ3) is 3.44. The normalized spacial score (nSPS) is 13.5. The number of para-hydroxylation sites is 1. The number of carbonyl (C=O) groups is 1. The topological polar surface area (TPSA) is 55.1 Å². The Morgan fingerprint density at radius 2 is 1.62 bits per heavy atom. The Bertz CT molecular complexity index is 611. The van der Waals surface area contributed by atoms with Crippen LogP contribution in [0.1, 0.15) is 18.5 Å². The monoisotopic (exact) mass is 290 g/mol. The van der Waals surface area contributed by atoms with Gasteiger partial charge in [0.2, 0.25) is 5.91 Å². The van der Waals surface area contributed by atoms with E-state index in [2.05, 4.69) is 5.32 Å². The molecule has 5 heteroatoms. The van der Waals surface area contributed by atoms with Crippen LogP contribution in [0.5, 0.6) is 0 Å². The van der Waals surface area contributed by atoms with Gasteiger partial charge in [-0.1, -0.05) is 43.3 Å². The Morgan fingerprint density at radius 3 is 2.19 bits per heavy atom. The van der Waals surface area contributed by atoms with E-state index >= 15 is 0 Å². The van der Waals surface area contributed by atoms with Gasteiger partial charge in [-0.25, -0.2) is 8.78 Å². The van der Waals surface area contributed by atoms with Crippen LogP contribution in [-0.2, 0) is 4.79 Å². The first kappa shape index (κ1) is 15.1. The van der Waals surface area contributed by atoms with Crippen molar-refractivity contribution < 1.29 is 13.6 Å². The molecule has 21 heavy (non-hydrogen) atoms. The number of hydrogen-bond donors (Lipinski definition) is 2. The number of rotatable bonds is 4. The molecule has 0 bridgehead atoms. The summed E-state index contributed by atoms with van der Waals surface area (Å²) in [7, 11) is 0. The van der Waals surface area contributed by atoms with E-state index in [9.17, 15) is 13.6 Å². The summed E-state index contributed by atoms with van der Waals surface area (Å²) in [6, 6.07) is 11.9. The molecule has 0 fully saturated rings. The van der Waals surface area contributed by atoms with E-state index in [0.717, 1.165) is 17.7 Å². The van der Waals surface area contributed by atoms with Crippen LogP contribution >= 0.6 is 0 Å². The van der Waals surface area contributed by atoms with Crippen molar-refractivity contribution in [1.29, 1.82) is 0 Å². The number of carbonyl (C=O) groups excluding carboxylic acids is 1. The van der Waals surface area contributed by atoms with Crippen molar-refractivity contribution in [3.05, 3.63) is 65.7 Å². The fourth-order valence-electron chi connectivity index (χ4n) is 1.98. The Kier molecular flexibility index (Phi) is 4.65. The minimum absolute atomic E-state index is 0.449. The van der Waals surface area contributed by atoms with Crippen LogP contribution in [0.25, 0.3) is 0 Å². The first-order chi connectivity index (χ1) is 10.0. The van der Waals surface area contributed by atoms with Gasteiger partial charge in [0, 0.05) is 6.04 Å². The van der Waals surface area contributed by atoms with Crippen LogP contribution in [-0.4, -0.2) is 5.91 Å². The highest BCUT2D eigenvalue weighted by Crippen LogP contribution is 2.23. The van der Waals surface area contributed by atoms with Crippen LogP contribution in [0.15, 0.2) is 48.5 Å². The Balaban J connectivity index is 2.13. The van der Waals surface area contributed by atoms with Gasteiger partial charge in [0.15, 0.2) is 0 Å². The maximum Gasteiger partial charge on any atom is 0.229 e. The van der Waals surface area contributed by atoms with E-state index < -0.39 is 35.2 Å². The lowest BCUT2D eigenvalue weighted by Crippen LogP contribution is -2.31. The zero-order valence-electron chi connectivity index (χ0n) is 11.5. The molecular weight excluding hydrogens is 274 g/mol. The summed E-state index contributed by atoms with van der Waals surface area (Å²) >= 11 is 0. The van der Waals surface area contributed by atoms with Gasteiger partial charge in [0.1, 0.15) is 17.3 Å². The van der Waals surface area contributed by atoms with Crippen LogP contribution in [0.2, 0.25) is 0 Å². The molecule has 0 radical (unpaired) electrons. The molecule has 110 valence electrons. The second-order valence-corrected chi connectivity index (χ2v) is 4.81. The molecule has 2 aromatic carbocycles. The molecule has 0 saturated heterocycles. The first-order valence-electron chi connectivity index (χ1n) is 6.56. The SMILES string of the molecule is CC(C(=O)Nc1c(F)cccc1F)C(N)c1ccccc1. The van der Waals surface area contributed by atoms with Gasteiger partial charge >= 0.3 is 0 Å². The van der Waals surface area contributed by atoms with Gasteiger partial charge in [0.05, 0.1) is 5.92 Å². The predicted molar refractivity (Wildman–Crippen MR) is 77.5 cm³/mol. The van der Waals surface area contributed by atoms with Gasteiger partial charge in [-0.3, -0.25) is 4.79 Å². The molecule has 1 amide bonds. The van der Waals surface area contributed by atoms with E-state index in [1.54, 1.807) is 19.1 Å². The van der Waals surface area contributed by atoms with Crippen LogP contribution < -0.4 is 11.1 Å². The number of nitrogens with two attached hydrogens (primary N) is 1. The maximum absolute atomic E-state index is 13.5. The Labute approximate surface area is 121 Å². The number of benzene rings is 2. The zero-order valence-corrected chi connectivity index (χ0v) is 11.5. The average molecular weight is 290 g/mol. The molecule has 2 atom stereocenters. The van der Waals surface area contributed by atoms with E-state index in [-0.39, 0.29) is 0 Å². The molecule has 0 aromatic heterocycles. The van der Waals surface area contributed by atoms with Gasteiger partial charge in [-0.2, -0.15) is 0 Å². The van der Waals surface area contributed by atoms with Crippen LogP contribution in [0.4, 0.5) is 14.5 Å². The lowest BCUT2D eigenvalue weighted by atomic mass is 9.94. The number of anilines is 1. The summed E-state index contributed by atoms with van der Waals surface area (Å²) in [4.78, 5) is 12.1. The van der Waals surface area contributed by atoms with Crippen LogP contribution in [0.3, 0.4) is 0 Å². The highest BCUT2D eigenvalue weighted by atomic mass is 19.1. The van der Waals surface area contributed by atoms with Crippen molar-refractivity contribution >= 4 is 11.6 Å². The van der Waals surface area contributed by atoms with E-state index in [0.29, 0.717) is 0 Å². The van der Waals surface area contributed by atoms with Crippen molar-refractivity contribution in [3.8, 4) is 0 Å². The maximum atomic E-state index is 13.5. The standard InChI is InChI=1S/C16H16F2N2O/c1-10(14(19)11-6-3-2-4-7-11)16(21)20-15-12(17)8-5-9-13(15)18/h2-10,14H,19H2,1H3,(H,20,21). The summed E-state index contributed by atoms with van der Waals surface area (Å²) in [5, 5.41) is 2.26. The third-order valence-corrected chi connectivity index (χ3v) is 3.35. The van der Waals surface area contributed by atoms with E-state index in [1.165, 1.54) is 6.07 Å². The van der Waals surface area contributed by atoms with Gasteiger partial charge in [-0.05, 0) is 17.7 Å². The number of nitrogens with one attached hydrogen (secondary N) is 1. The molecule has 0 aliphatic carbocycles. The smallest absolute Gasteiger partial charge is 0.229 e. The van der Waals surface area contributed by atoms with E-state index in [1.807, 2.05) is 18.2 Å². The minimum Gasteiger partial charge on any atom is -0.323 e. The van der Waals surface area contributed by atoms with Gasteiger partial charge < -0.3 is 11.1 Å². The van der Waals surface area contributed by atoms with Crippen molar-refractivity contribution in [2.45, 2.75) is 13.0 Å². The van der Waals surface area contributed by atoms with Crippen molar-refractivity contribution in [2.24, 2.45) is 11.7 Å². The molecule has 2 rings (SSSR count). The molecule has 0 aliphatic heterocycles. The predicted octanol–water partition coefficient (Wildman–Crippen LogP) is 3.24. The lowest BCUT2D eigenvalue weighted by molar-refractivity contribution is -0.120. The summed E-state index contributed by atoms with van der Waals surface area (Å²) in [6.45, 7) is 1.62. The zero-order chi connectivity index (χ0) is 15.4. The summed E-state index contributed by atoms with van der Waals surface area (Å²) in [5.41, 5.74) is 6.36. The highest BCUT2D eigenvalue weighted by molar-refractivity contribution is 5.93. The molecule has 0 saturated carbocycles. The quantitative estimate of drug-likeness (QED) is 0.908. The summed E-state index contributed by atoms with van der Waals surface area (Å²) in [6.07, 6.45) is 0. The van der Waals surface area contributed by atoms with Crippen molar-refractivity contribution in [2.75, 3.05) is 5.32 Å². The highest BCUT2D eigenvalue weighted by Gasteiger charge is 2.23. The molecule has 2 aromatic rings. The average Bonchev–Trinajstić information content (AvgIpc) is 2.50. The fourth-order valence-corrected chi connectivity index (χ4v) is 1.98. The summed E-state index contributed by atoms with van der Waals surface area (Å²) < 4.78 is 27.0. The van der Waals surface area contributed by atoms with E-state index in [4.69, 9.17) is 5.73 Å². The van der Waals surface area contributed by atoms with Gasteiger partial charge in [0.25, 0.3) is 0 Å². The lowest BCUT2D eigenvalue weighted by Gasteiger charge is -2.20. The second kappa shape index (κ2) is 6.45. The molecule has 0 aliphatic rings.